The van der Waals surface area contributed by atoms with Gasteiger partial charge in [-0.05, 0) is 106 Å². The molecule has 2 aliphatic heterocycles. The molecule has 0 aromatic carbocycles. The van der Waals surface area contributed by atoms with Crippen molar-refractivity contribution in [1.29, 1.82) is 0 Å². The van der Waals surface area contributed by atoms with Gasteiger partial charge in [-0.1, -0.05) is 80.1 Å². The number of nitrogens with zero attached hydrogens (tertiary/aromatic N) is 2. The minimum absolute atomic E-state index is 0.0169. The quantitative estimate of drug-likeness (QED) is 0.189. The fraction of sp³-hybridized carbons (Fsp3) is 0.864. The van der Waals surface area contributed by atoms with Crippen molar-refractivity contribution in [2.24, 2.45) is 27.6 Å². The summed E-state index contributed by atoms with van der Waals surface area (Å²) in [5.41, 5.74) is -1.02. The first-order valence-electron chi connectivity index (χ1n) is 22.4. The Labute approximate surface area is 334 Å². The van der Waals surface area contributed by atoms with Crippen LogP contribution in [0.5, 0.6) is 0 Å². The van der Waals surface area contributed by atoms with Gasteiger partial charge in [0, 0.05) is 24.0 Å². The SMILES string of the molecule is CCC[C@H](NC(=O)[C@@H]1C[C@@]2(CN1C(=O)[C@@H](NC(=O)[C@@H](NC(=O)[C@H]1CCCCN1C1CC1)C1CCCCC1)C(C)(C)C)C(C)(C)C21CCC1)C(=O)C(=O)NC1CC1. The molecule has 12 nitrogen and oxygen atoms in total. The molecule has 5 amide bonds. The lowest BCUT2D eigenvalue weighted by molar-refractivity contribution is -0.146. The van der Waals surface area contributed by atoms with E-state index < -0.39 is 47.2 Å². The molecule has 2 spiro atoms. The maximum atomic E-state index is 15.2. The van der Waals surface area contributed by atoms with Crippen LogP contribution in [0.2, 0.25) is 0 Å². The van der Waals surface area contributed by atoms with Crippen LogP contribution in [0.25, 0.3) is 0 Å². The Morgan fingerprint density at radius 2 is 1.41 bits per heavy atom. The Morgan fingerprint density at radius 1 is 0.750 bits per heavy atom. The van der Waals surface area contributed by atoms with E-state index in [4.69, 9.17) is 0 Å². The molecule has 7 fully saturated rings. The first kappa shape index (κ1) is 41.2. The average Bonchev–Trinajstić information content (AvgIpc) is 4.10. The zero-order chi connectivity index (χ0) is 40.2. The number of hydrogen-bond donors (Lipinski definition) is 4. The Bertz CT molecular complexity index is 1550. The monoisotopic (exact) mass is 779 g/mol. The van der Waals surface area contributed by atoms with E-state index in [9.17, 15) is 24.0 Å². The summed E-state index contributed by atoms with van der Waals surface area (Å²) in [6.07, 6.45) is 16.2. The minimum atomic E-state index is -0.984. The first-order chi connectivity index (χ1) is 26.5. The number of likely N-dealkylation sites (tertiary alicyclic amines) is 2. The van der Waals surface area contributed by atoms with E-state index in [1.54, 1.807) is 4.90 Å². The van der Waals surface area contributed by atoms with Crippen LogP contribution in [0, 0.1) is 27.6 Å². The Morgan fingerprint density at radius 3 is 1.98 bits per heavy atom. The highest BCUT2D eigenvalue weighted by Gasteiger charge is 2.85. The van der Waals surface area contributed by atoms with Gasteiger partial charge in [0.15, 0.2) is 0 Å². The largest absolute Gasteiger partial charge is 0.347 e. The number of Topliss-reactive ketones (excluding diaryl/α,β-unsaturated/α-hetero) is 1. The van der Waals surface area contributed by atoms with Gasteiger partial charge in [-0.25, -0.2) is 0 Å². The van der Waals surface area contributed by atoms with Crippen LogP contribution in [0.3, 0.4) is 0 Å². The van der Waals surface area contributed by atoms with Gasteiger partial charge >= 0.3 is 0 Å². The van der Waals surface area contributed by atoms with Crippen LogP contribution in [0.15, 0.2) is 0 Å². The summed E-state index contributed by atoms with van der Waals surface area (Å²) in [6, 6.07) is -3.32. The summed E-state index contributed by atoms with van der Waals surface area (Å²) in [7, 11) is 0. The molecule has 12 heteroatoms. The van der Waals surface area contributed by atoms with E-state index in [0.29, 0.717) is 31.8 Å². The predicted octanol–water partition coefficient (Wildman–Crippen LogP) is 4.53. The predicted molar refractivity (Wildman–Crippen MR) is 213 cm³/mol. The lowest BCUT2D eigenvalue weighted by Crippen LogP contribution is -2.63. The molecule has 4 N–H and O–H groups in total. The normalized spacial score (nSPS) is 30.1. The first-order valence-corrected chi connectivity index (χ1v) is 22.4. The van der Waals surface area contributed by atoms with Gasteiger partial charge in [0.05, 0.1) is 12.1 Å². The Kier molecular flexibility index (Phi) is 11.5. The van der Waals surface area contributed by atoms with E-state index in [2.05, 4.69) is 40.0 Å². The van der Waals surface area contributed by atoms with Gasteiger partial charge in [-0.2, -0.15) is 0 Å². The van der Waals surface area contributed by atoms with Crippen molar-refractivity contribution in [3.05, 3.63) is 0 Å². The second-order valence-corrected chi connectivity index (χ2v) is 20.5. The molecule has 0 aromatic heterocycles. The van der Waals surface area contributed by atoms with Crippen molar-refractivity contribution in [3.63, 3.8) is 0 Å². The van der Waals surface area contributed by atoms with Crippen LogP contribution >= 0.6 is 0 Å². The van der Waals surface area contributed by atoms with E-state index in [1.807, 2.05) is 27.7 Å². The second kappa shape index (κ2) is 15.6. The maximum absolute atomic E-state index is 15.2. The molecule has 5 saturated carbocycles. The van der Waals surface area contributed by atoms with Gasteiger partial charge in [-0.3, -0.25) is 33.7 Å². The molecule has 2 saturated heterocycles. The number of ketones is 1. The molecular weight excluding hydrogens is 709 g/mol. The number of carbonyl (C=O) groups excluding carboxylic acids is 6. The van der Waals surface area contributed by atoms with Crippen LogP contribution in [-0.2, 0) is 28.8 Å². The fourth-order valence-electron chi connectivity index (χ4n) is 11.8. The van der Waals surface area contributed by atoms with Gasteiger partial charge in [-0.15, -0.1) is 0 Å². The number of carbonyl (C=O) groups is 6. The summed E-state index contributed by atoms with van der Waals surface area (Å²) in [6.45, 7) is 13.5. The third kappa shape index (κ3) is 7.54. The van der Waals surface area contributed by atoms with E-state index in [-0.39, 0.29) is 52.0 Å². The fourth-order valence-corrected chi connectivity index (χ4v) is 11.8. The molecular formula is C44H70N6O6. The molecule has 7 aliphatic rings. The van der Waals surface area contributed by atoms with Crippen molar-refractivity contribution in [3.8, 4) is 0 Å². The molecule has 0 bridgehead atoms. The molecule has 2 heterocycles. The highest BCUT2D eigenvalue weighted by atomic mass is 16.2. The smallest absolute Gasteiger partial charge is 0.289 e. The van der Waals surface area contributed by atoms with E-state index in [1.165, 1.54) is 0 Å². The molecule has 7 rings (SSSR count). The topological polar surface area (TPSA) is 157 Å². The molecule has 56 heavy (non-hydrogen) atoms. The summed E-state index contributed by atoms with van der Waals surface area (Å²) in [5.74, 6) is -2.49. The van der Waals surface area contributed by atoms with E-state index >= 15 is 4.79 Å². The molecule has 0 unspecified atom stereocenters. The second-order valence-electron chi connectivity index (χ2n) is 20.5. The van der Waals surface area contributed by atoms with Gasteiger partial charge in [0.25, 0.3) is 5.91 Å². The number of amides is 5. The molecule has 0 radical (unpaired) electrons. The third-order valence-electron chi connectivity index (χ3n) is 15.7. The summed E-state index contributed by atoms with van der Waals surface area (Å²) in [5, 5.41) is 12.1. The van der Waals surface area contributed by atoms with Crippen LogP contribution in [-0.4, -0.2) is 101 Å². The van der Waals surface area contributed by atoms with Crippen LogP contribution in [0.4, 0.5) is 0 Å². The molecule has 0 aromatic rings. The number of nitrogens with one attached hydrogen (secondary N) is 4. The lowest BCUT2D eigenvalue weighted by Gasteiger charge is -2.39. The summed E-state index contributed by atoms with van der Waals surface area (Å²) >= 11 is 0. The molecule has 5 aliphatic carbocycles. The summed E-state index contributed by atoms with van der Waals surface area (Å²) in [4.78, 5) is 88.6. The van der Waals surface area contributed by atoms with E-state index in [0.717, 1.165) is 103 Å². The van der Waals surface area contributed by atoms with Crippen LogP contribution in [0.1, 0.15) is 157 Å². The standard InChI is InChI=1S/C44H70N6O6/c1-7-14-30(34(51)39(55)45-28-18-19-28)46-37(53)32-25-44(42(5,6)43(44)22-13-23-43)26-50(32)40(56)35(41(2,3)4)48-38(54)33(27-15-9-8-10-16-27)47-36(52)31-17-11-12-24-49(31)29-20-21-29/h27-33,35H,7-26H2,1-6H3,(H,45,55)(H,46,53)(H,47,52)(H,48,54)/t30-,31+,32-,33-,35+,44+/m0/s1. The lowest BCUT2D eigenvalue weighted by atomic mass is 9.73. The highest BCUT2D eigenvalue weighted by molar-refractivity contribution is 6.38. The number of piperidine rings is 1. The van der Waals surface area contributed by atoms with Crippen LogP contribution < -0.4 is 21.3 Å². The van der Waals surface area contributed by atoms with Gasteiger partial charge in [0.2, 0.25) is 29.4 Å². The van der Waals surface area contributed by atoms with Gasteiger partial charge in [0.1, 0.15) is 18.1 Å². The molecule has 6 atom stereocenters. The number of rotatable bonds is 14. The van der Waals surface area contributed by atoms with Crippen molar-refractivity contribution in [2.75, 3.05) is 13.1 Å². The van der Waals surface area contributed by atoms with Crippen molar-refractivity contribution in [1.82, 2.24) is 31.1 Å². The highest BCUT2D eigenvalue weighted by Crippen LogP contribution is 2.88. The zero-order valence-corrected chi connectivity index (χ0v) is 35.1. The van der Waals surface area contributed by atoms with Gasteiger partial charge < -0.3 is 26.2 Å². The maximum Gasteiger partial charge on any atom is 0.289 e. The molecule has 312 valence electrons. The Hall–Kier alpha value is -3.02. The average molecular weight is 779 g/mol. The summed E-state index contributed by atoms with van der Waals surface area (Å²) < 4.78 is 0. The number of hydrogen-bond acceptors (Lipinski definition) is 7. The van der Waals surface area contributed by atoms with Crippen molar-refractivity contribution in [2.45, 2.75) is 199 Å². The minimum Gasteiger partial charge on any atom is -0.347 e. The zero-order valence-electron chi connectivity index (χ0n) is 35.1. The Balaban J connectivity index is 1.13. The third-order valence-corrected chi connectivity index (χ3v) is 15.7. The van der Waals surface area contributed by atoms with Crippen molar-refractivity contribution >= 4 is 35.3 Å². The number of fused-ring (bicyclic) bond motifs is 1. The van der Waals surface area contributed by atoms with Crippen molar-refractivity contribution < 1.29 is 28.8 Å².